The SMILES string of the molecule is CCCCc1cn2c(-c3cnn(C)c3)cnc2c(Nc2ccc(-n3ccnc3)cc2)n1.CCCCc1cn2c(-c3cnn(C)c3)cnc2c(S(C)(=O)=O)n1. The van der Waals surface area contributed by atoms with Gasteiger partial charge in [-0.3, -0.25) is 18.2 Å². The summed E-state index contributed by atoms with van der Waals surface area (Å²) in [4.78, 5) is 22.3. The van der Waals surface area contributed by atoms with Gasteiger partial charge in [-0.2, -0.15) is 10.2 Å². The number of nitrogens with zero attached hydrogens (tertiary/aromatic N) is 12. The minimum atomic E-state index is -3.46. The number of nitrogens with one attached hydrogen (secondary N) is 1. The molecule has 1 aromatic carbocycles. The molecule has 0 unspecified atom stereocenters. The molecule has 0 bridgehead atoms. The van der Waals surface area contributed by atoms with Crippen molar-refractivity contribution in [1.82, 2.24) is 57.8 Å². The average molecular weight is 746 g/mol. The molecule has 8 rings (SSSR count). The maximum absolute atomic E-state index is 12.1. The van der Waals surface area contributed by atoms with Crippen LogP contribution in [0.15, 0.2) is 97.6 Å². The van der Waals surface area contributed by atoms with Crippen molar-refractivity contribution in [3.8, 4) is 28.2 Å². The van der Waals surface area contributed by atoms with Gasteiger partial charge in [-0.25, -0.2) is 33.3 Å². The van der Waals surface area contributed by atoms with Gasteiger partial charge >= 0.3 is 0 Å². The Morgan fingerprint density at radius 2 is 1.30 bits per heavy atom. The van der Waals surface area contributed by atoms with E-state index in [0.29, 0.717) is 5.65 Å². The molecule has 15 nitrogen and oxygen atoms in total. The van der Waals surface area contributed by atoms with E-state index in [-0.39, 0.29) is 5.03 Å². The zero-order valence-corrected chi connectivity index (χ0v) is 31.8. The number of hydrogen-bond donors (Lipinski definition) is 1. The predicted octanol–water partition coefficient (Wildman–Crippen LogP) is 6.28. The summed E-state index contributed by atoms with van der Waals surface area (Å²) in [5.74, 6) is 0.749. The van der Waals surface area contributed by atoms with Crippen LogP contribution in [0.4, 0.5) is 11.5 Å². The van der Waals surface area contributed by atoms with Crippen LogP contribution in [-0.2, 0) is 36.8 Å². The smallest absolute Gasteiger partial charge is 0.198 e. The van der Waals surface area contributed by atoms with E-state index in [1.54, 1.807) is 38.7 Å². The molecule has 54 heavy (non-hydrogen) atoms. The van der Waals surface area contributed by atoms with Crippen LogP contribution in [0.2, 0.25) is 0 Å². The molecule has 0 saturated heterocycles. The third-order valence-corrected chi connectivity index (χ3v) is 9.89. The van der Waals surface area contributed by atoms with Gasteiger partial charge < -0.3 is 9.88 Å². The molecular formula is C38H43N13O2S. The average Bonchev–Trinajstić information content (AvgIpc) is 4.01. The number of imidazole rings is 3. The lowest BCUT2D eigenvalue weighted by Crippen LogP contribution is -2.08. The summed E-state index contributed by atoms with van der Waals surface area (Å²) in [6.45, 7) is 4.28. The quantitative estimate of drug-likeness (QED) is 0.151. The molecule has 0 aliphatic carbocycles. The lowest BCUT2D eigenvalue weighted by molar-refractivity contribution is 0.597. The van der Waals surface area contributed by atoms with Crippen molar-refractivity contribution in [2.75, 3.05) is 11.6 Å². The number of unbranched alkanes of at least 4 members (excludes halogenated alkanes) is 2. The van der Waals surface area contributed by atoms with Gasteiger partial charge in [-0.05, 0) is 49.9 Å². The Bertz CT molecular complexity index is 2610. The molecule has 0 aliphatic rings. The fourth-order valence-corrected chi connectivity index (χ4v) is 6.90. The van der Waals surface area contributed by atoms with E-state index in [1.165, 1.54) is 0 Å². The highest BCUT2D eigenvalue weighted by molar-refractivity contribution is 7.90. The van der Waals surface area contributed by atoms with E-state index in [0.717, 1.165) is 102 Å². The molecule has 0 fully saturated rings. The van der Waals surface area contributed by atoms with Gasteiger partial charge in [0, 0.05) is 80.0 Å². The van der Waals surface area contributed by atoms with Gasteiger partial charge in [-0.15, -0.1) is 0 Å². The Hall–Kier alpha value is -6.16. The zero-order chi connectivity index (χ0) is 37.8. The van der Waals surface area contributed by atoms with Crippen molar-refractivity contribution < 1.29 is 8.42 Å². The molecule has 0 atom stereocenters. The molecule has 1 N–H and O–H groups in total. The van der Waals surface area contributed by atoms with Gasteiger partial charge in [0.15, 0.2) is 32.0 Å². The molecule has 0 saturated carbocycles. The van der Waals surface area contributed by atoms with Crippen LogP contribution in [0, 0.1) is 0 Å². The van der Waals surface area contributed by atoms with Crippen LogP contribution < -0.4 is 5.32 Å². The van der Waals surface area contributed by atoms with Gasteiger partial charge in [0.25, 0.3) is 0 Å². The summed E-state index contributed by atoms with van der Waals surface area (Å²) in [7, 11) is 0.298. The number of benzene rings is 1. The number of sulfone groups is 1. The first-order chi connectivity index (χ1) is 26.1. The summed E-state index contributed by atoms with van der Waals surface area (Å²) in [5.41, 5.74) is 8.65. The Kier molecular flexibility index (Phi) is 10.4. The van der Waals surface area contributed by atoms with Crippen LogP contribution in [0.25, 0.3) is 39.5 Å². The number of anilines is 2. The third-order valence-electron chi connectivity index (χ3n) is 8.91. The summed E-state index contributed by atoms with van der Waals surface area (Å²) < 4.78 is 33.6. The van der Waals surface area contributed by atoms with E-state index in [1.807, 2.05) is 68.0 Å². The highest BCUT2D eigenvalue weighted by Gasteiger charge is 2.20. The minimum absolute atomic E-state index is 0.0289. The molecular weight excluding hydrogens is 703 g/mol. The first kappa shape index (κ1) is 36.2. The third kappa shape index (κ3) is 7.78. The number of rotatable bonds is 12. The fraction of sp³-hybridized carbons (Fsp3) is 0.289. The van der Waals surface area contributed by atoms with E-state index in [4.69, 9.17) is 4.98 Å². The first-order valence-corrected chi connectivity index (χ1v) is 19.8. The minimum Gasteiger partial charge on any atom is -0.337 e. The summed E-state index contributed by atoms with van der Waals surface area (Å²) in [5, 5.41) is 12.0. The lowest BCUT2D eigenvalue weighted by Gasteiger charge is -2.11. The molecule has 16 heteroatoms. The number of aryl methyl sites for hydroxylation is 4. The monoisotopic (exact) mass is 745 g/mol. The van der Waals surface area contributed by atoms with Crippen LogP contribution in [0.5, 0.6) is 0 Å². The van der Waals surface area contributed by atoms with Crippen molar-refractivity contribution >= 4 is 32.6 Å². The van der Waals surface area contributed by atoms with Gasteiger partial charge in [-0.1, -0.05) is 26.7 Å². The van der Waals surface area contributed by atoms with E-state index < -0.39 is 9.84 Å². The lowest BCUT2D eigenvalue weighted by atomic mass is 10.2. The second-order valence-corrected chi connectivity index (χ2v) is 15.1. The van der Waals surface area contributed by atoms with Crippen molar-refractivity contribution in [1.29, 1.82) is 0 Å². The second kappa shape index (κ2) is 15.4. The molecule has 278 valence electrons. The van der Waals surface area contributed by atoms with Crippen LogP contribution >= 0.6 is 0 Å². The van der Waals surface area contributed by atoms with Crippen molar-refractivity contribution in [3.63, 3.8) is 0 Å². The van der Waals surface area contributed by atoms with Crippen LogP contribution in [-0.4, -0.2) is 72.5 Å². The van der Waals surface area contributed by atoms with E-state index in [2.05, 4.69) is 72.0 Å². The standard InChI is InChI=1S/C23H24N8.C15H19N5O2S/c1-3-4-5-19-15-31-21(17-12-26-29(2)14-17)13-25-23(31)22(28-19)27-18-6-8-20(9-7-18)30-11-10-24-16-30;1-4-5-6-12-10-20-13(11-7-17-19(2)9-11)8-16-14(20)15(18-12)23(3,21)22/h6-16H,3-5H2,1-2H3,(H,27,28);7-10H,4-6H2,1-3H3. The molecule has 0 aliphatic heterocycles. The van der Waals surface area contributed by atoms with Gasteiger partial charge in [0.05, 0.1) is 53.9 Å². The highest BCUT2D eigenvalue weighted by atomic mass is 32.2. The van der Waals surface area contributed by atoms with Crippen molar-refractivity contribution in [3.05, 3.63) is 104 Å². The van der Waals surface area contributed by atoms with E-state index >= 15 is 0 Å². The molecule has 7 aromatic heterocycles. The summed E-state index contributed by atoms with van der Waals surface area (Å²) >= 11 is 0. The van der Waals surface area contributed by atoms with Gasteiger partial charge in [0.1, 0.15) is 0 Å². The Morgan fingerprint density at radius 3 is 1.81 bits per heavy atom. The Labute approximate surface area is 313 Å². The fourth-order valence-electron chi connectivity index (χ4n) is 6.14. The molecule has 0 spiro atoms. The maximum atomic E-state index is 12.1. The second-order valence-electron chi connectivity index (χ2n) is 13.2. The molecule has 8 aromatic rings. The predicted molar refractivity (Wildman–Crippen MR) is 208 cm³/mol. The summed E-state index contributed by atoms with van der Waals surface area (Å²) in [6, 6.07) is 8.18. The highest BCUT2D eigenvalue weighted by Crippen LogP contribution is 2.27. The normalized spacial score (nSPS) is 11.6. The molecule has 7 heterocycles. The Balaban J connectivity index is 0.000000175. The largest absolute Gasteiger partial charge is 0.337 e. The maximum Gasteiger partial charge on any atom is 0.198 e. The molecule has 0 radical (unpaired) electrons. The van der Waals surface area contributed by atoms with Crippen molar-refractivity contribution in [2.24, 2.45) is 14.1 Å². The van der Waals surface area contributed by atoms with Gasteiger partial charge in [0.2, 0.25) is 0 Å². The van der Waals surface area contributed by atoms with Crippen LogP contribution in [0.3, 0.4) is 0 Å². The van der Waals surface area contributed by atoms with Crippen LogP contribution in [0.1, 0.15) is 50.9 Å². The first-order valence-electron chi connectivity index (χ1n) is 17.9. The zero-order valence-electron chi connectivity index (χ0n) is 31.0. The van der Waals surface area contributed by atoms with E-state index in [9.17, 15) is 8.42 Å². The topological polar surface area (TPSA) is 160 Å². The number of aromatic nitrogens is 12. The molecule has 0 amide bonds. The summed E-state index contributed by atoms with van der Waals surface area (Å²) in [6.07, 6.45) is 27.5. The number of hydrogen-bond acceptors (Lipinski definition) is 10. The number of fused-ring (bicyclic) bond motifs is 2. The van der Waals surface area contributed by atoms with Crippen molar-refractivity contribution in [2.45, 2.75) is 57.4 Å². The Morgan fingerprint density at radius 1 is 0.722 bits per heavy atom.